The zero-order valence-electron chi connectivity index (χ0n) is 9.57. The Morgan fingerprint density at radius 2 is 1.81 bits per heavy atom. The van der Waals surface area contributed by atoms with Gasteiger partial charge in [0.1, 0.15) is 5.78 Å². The number of fused-ring (bicyclic) bond motifs is 1. The van der Waals surface area contributed by atoms with Crippen molar-refractivity contribution >= 4 is 16.6 Å². The summed E-state index contributed by atoms with van der Waals surface area (Å²) < 4.78 is 0. The van der Waals surface area contributed by atoms with E-state index < -0.39 is 0 Å². The number of hydrogen-bond acceptors (Lipinski definition) is 1. The predicted octanol–water partition coefficient (Wildman–Crippen LogP) is 3.75. The van der Waals surface area contributed by atoms with Crippen LogP contribution in [0.3, 0.4) is 0 Å². The van der Waals surface area contributed by atoms with Gasteiger partial charge >= 0.3 is 0 Å². The van der Waals surface area contributed by atoms with Gasteiger partial charge in [0.2, 0.25) is 0 Å². The van der Waals surface area contributed by atoms with Gasteiger partial charge in [0.05, 0.1) is 0 Å². The smallest absolute Gasteiger partial charge is 0.129 e. The number of Topliss-reactive ketones (excluding diaryl/α,β-unsaturated/α-hetero) is 1. The van der Waals surface area contributed by atoms with E-state index in [2.05, 4.69) is 42.5 Å². The van der Waals surface area contributed by atoms with E-state index in [4.69, 9.17) is 0 Å². The summed E-state index contributed by atoms with van der Waals surface area (Å²) in [5.74, 6) is 0.278. The average Bonchev–Trinajstić information content (AvgIpc) is 2.29. The van der Waals surface area contributed by atoms with E-state index in [0.29, 0.717) is 6.42 Å². The van der Waals surface area contributed by atoms with Crippen LogP contribution in [0, 0.1) is 0 Å². The van der Waals surface area contributed by atoms with E-state index in [-0.39, 0.29) is 5.78 Å². The quantitative estimate of drug-likeness (QED) is 0.754. The predicted molar refractivity (Wildman–Crippen MR) is 67.6 cm³/mol. The molecule has 0 fully saturated rings. The van der Waals surface area contributed by atoms with Crippen LogP contribution in [0.25, 0.3) is 10.8 Å². The maximum absolute atomic E-state index is 10.9. The third kappa shape index (κ3) is 2.48. The lowest BCUT2D eigenvalue weighted by Crippen LogP contribution is -1.93. The number of carbonyl (C=O) groups is 1. The molecule has 0 unspecified atom stereocenters. The third-order valence-corrected chi connectivity index (χ3v) is 2.85. The van der Waals surface area contributed by atoms with Crippen LogP contribution in [0.15, 0.2) is 42.5 Å². The Hall–Kier alpha value is -1.63. The van der Waals surface area contributed by atoms with E-state index in [1.165, 1.54) is 16.3 Å². The Kier molecular flexibility index (Phi) is 3.35. The zero-order valence-corrected chi connectivity index (χ0v) is 9.57. The molecule has 0 amide bonds. The van der Waals surface area contributed by atoms with Crippen LogP contribution in [0.2, 0.25) is 0 Å². The van der Waals surface area contributed by atoms with Crippen LogP contribution < -0.4 is 0 Å². The van der Waals surface area contributed by atoms with Crippen LogP contribution >= 0.6 is 0 Å². The highest BCUT2D eigenvalue weighted by Gasteiger charge is 2.00. The summed E-state index contributed by atoms with van der Waals surface area (Å²) in [5, 5.41) is 2.59. The molecule has 0 aliphatic carbocycles. The summed E-state index contributed by atoms with van der Waals surface area (Å²) in [4.78, 5) is 10.9. The number of aryl methyl sites for hydroxylation is 1. The molecule has 0 aliphatic heterocycles. The molecule has 0 heterocycles. The van der Waals surface area contributed by atoms with Gasteiger partial charge in [-0.25, -0.2) is 0 Å². The van der Waals surface area contributed by atoms with Gasteiger partial charge in [0.25, 0.3) is 0 Å². The number of hydrogen-bond donors (Lipinski definition) is 0. The van der Waals surface area contributed by atoms with Crippen LogP contribution in [0.4, 0.5) is 0 Å². The number of benzene rings is 2. The Bertz CT molecular complexity index is 494. The fourth-order valence-corrected chi connectivity index (χ4v) is 2.04. The van der Waals surface area contributed by atoms with Gasteiger partial charge in [0, 0.05) is 6.42 Å². The molecule has 0 aromatic heterocycles. The van der Waals surface area contributed by atoms with Gasteiger partial charge in [-0.3, -0.25) is 0 Å². The fourth-order valence-electron chi connectivity index (χ4n) is 2.04. The largest absolute Gasteiger partial charge is 0.300 e. The minimum Gasteiger partial charge on any atom is -0.300 e. The molecule has 2 aromatic rings. The summed E-state index contributed by atoms with van der Waals surface area (Å²) in [6.07, 6.45) is 2.62. The van der Waals surface area contributed by atoms with Gasteiger partial charge in [0.15, 0.2) is 0 Å². The monoisotopic (exact) mass is 212 g/mol. The van der Waals surface area contributed by atoms with Gasteiger partial charge in [-0.2, -0.15) is 0 Å². The molecule has 1 heteroatoms. The molecule has 0 bridgehead atoms. The van der Waals surface area contributed by atoms with Gasteiger partial charge in [-0.05, 0) is 36.1 Å². The second-order valence-corrected chi connectivity index (χ2v) is 4.19. The lowest BCUT2D eigenvalue weighted by atomic mass is 10.00. The van der Waals surface area contributed by atoms with Gasteiger partial charge in [-0.15, -0.1) is 0 Å². The van der Waals surface area contributed by atoms with Crippen LogP contribution in [0.5, 0.6) is 0 Å². The van der Waals surface area contributed by atoms with Crippen molar-refractivity contribution in [2.75, 3.05) is 0 Å². The molecule has 0 radical (unpaired) electrons. The van der Waals surface area contributed by atoms with Gasteiger partial charge < -0.3 is 4.79 Å². The van der Waals surface area contributed by atoms with Crippen molar-refractivity contribution in [1.29, 1.82) is 0 Å². The highest BCUT2D eigenvalue weighted by molar-refractivity contribution is 5.85. The van der Waals surface area contributed by atoms with E-state index in [1.807, 2.05) is 0 Å². The lowest BCUT2D eigenvalue weighted by Gasteiger charge is -2.05. The maximum Gasteiger partial charge on any atom is 0.129 e. The van der Waals surface area contributed by atoms with Gasteiger partial charge in [-0.1, -0.05) is 42.5 Å². The van der Waals surface area contributed by atoms with E-state index in [1.54, 1.807) is 6.92 Å². The SMILES string of the molecule is CC(=O)CCCc1cccc2ccccc12. The molecule has 16 heavy (non-hydrogen) atoms. The Balaban J connectivity index is 2.20. The molecule has 0 atom stereocenters. The lowest BCUT2D eigenvalue weighted by molar-refractivity contribution is -0.117. The first kappa shape index (κ1) is 10.9. The zero-order chi connectivity index (χ0) is 11.4. The fraction of sp³-hybridized carbons (Fsp3) is 0.267. The number of carbonyl (C=O) groups excluding carboxylic acids is 1. The molecule has 0 spiro atoms. The molecule has 0 saturated heterocycles. The van der Waals surface area contributed by atoms with Crippen molar-refractivity contribution in [2.24, 2.45) is 0 Å². The highest BCUT2D eigenvalue weighted by Crippen LogP contribution is 2.20. The second-order valence-electron chi connectivity index (χ2n) is 4.19. The van der Waals surface area contributed by atoms with Crippen molar-refractivity contribution in [3.63, 3.8) is 0 Å². The van der Waals surface area contributed by atoms with Crippen LogP contribution in [0.1, 0.15) is 25.3 Å². The van der Waals surface area contributed by atoms with Crippen LogP contribution in [-0.2, 0) is 11.2 Å². The van der Waals surface area contributed by atoms with Crippen molar-refractivity contribution < 1.29 is 4.79 Å². The van der Waals surface area contributed by atoms with Crippen molar-refractivity contribution in [2.45, 2.75) is 26.2 Å². The summed E-state index contributed by atoms with van der Waals surface area (Å²) in [6, 6.07) is 14.8. The van der Waals surface area contributed by atoms with Crippen LogP contribution in [-0.4, -0.2) is 5.78 Å². The van der Waals surface area contributed by atoms with Crippen molar-refractivity contribution in [1.82, 2.24) is 0 Å². The molecule has 0 aliphatic rings. The van der Waals surface area contributed by atoms with E-state index in [9.17, 15) is 4.79 Å². The highest BCUT2D eigenvalue weighted by atomic mass is 16.1. The summed E-state index contributed by atoms with van der Waals surface area (Å²) >= 11 is 0. The molecule has 1 nitrogen and oxygen atoms in total. The standard InChI is InChI=1S/C15H16O/c1-12(16)6-4-8-14-10-5-9-13-7-2-3-11-15(13)14/h2-3,5,7,9-11H,4,6,8H2,1H3. The molecule has 2 aromatic carbocycles. The Morgan fingerprint density at radius 3 is 2.62 bits per heavy atom. The average molecular weight is 212 g/mol. The number of ketones is 1. The normalized spacial score (nSPS) is 10.6. The first-order valence-electron chi connectivity index (χ1n) is 5.73. The summed E-state index contributed by atoms with van der Waals surface area (Å²) in [5.41, 5.74) is 1.35. The summed E-state index contributed by atoms with van der Waals surface area (Å²) in [7, 11) is 0. The van der Waals surface area contributed by atoms with E-state index >= 15 is 0 Å². The molecule has 0 saturated carbocycles. The molecular weight excluding hydrogens is 196 g/mol. The van der Waals surface area contributed by atoms with Crippen molar-refractivity contribution in [3.8, 4) is 0 Å². The second kappa shape index (κ2) is 4.93. The molecule has 82 valence electrons. The summed E-state index contributed by atoms with van der Waals surface area (Å²) in [6.45, 7) is 1.66. The Morgan fingerprint density at radius 1 is 1.06 bits per heavy atom. The minimum absolute atomic E-state index is 0.278. The molecular formula is C15H16O. The third-order valence-electron chi connectivity index (χ3n) is 2.85. The molecule has 2 rings (SSSR count). The Labute approximate surface area is 96.1 Å². The first-order chi connectivity index (χ1) is 7.77. The topological polar surface area (TPSA) is 17.1 Å². The first-order valence-corrected chi connectivity index (χ1v) is 5.73. The number of rotatable bonds is 4. The van der Waals surface area contributed by atoms with Crippen molar-refractivity contribution in [3.05, 3.63) is 48.0 Å². The minimum atomic E-state index is 0.278. The maximum atomic E-state index is 10.9. The molecule has 0 N–H and O–H groups in total. The van der Waals surface area contributed by atoms with E-state index in [0.717, 1.165) is 12.8 Å².